The van der Waals surface area contributed by atoms with Crippen molar-refractivity contribution in [3.8, 4) is 5.75 Å². The molecule has 1 aromatic rings. The van der Waals surface area contributed by atoms with Crippen molar-refractivity contribution in [3.05, 3.63) is 29.6 Å². The van der Waals surface area contributed by atoms with Crippen LogP contribution in [0.4, 0.5) is 4.39 Å². The van der Waals surface area contributed by atoms with Gasteiger partial charge in [-0.25, -0.2) is 4.39 Å². The lowest BCUT2D eigenvalue weighted by atomic mass is 10.1. The Morgan fingerprint density at radius 3 is 2.67 bits per heavy atom. The zero-order chi connectivity index (χ0) is 15.2. The molecule has 0 spiro atoms. The van der Waals surface area contributed by atoms with Crippen molar-refractivity contribution in [2.24, 2.45) is 0 Å². The van der Waals surface area contributed by atoms with E-state index in [1.165, 1.54) is 12.1 Å². The van der Waals surface area contributed by atoms with Crippen LogP contribution in [-0.2, 0) is 11.2 Å². The maximum atomic E-state index is 13.7. The van der Waals surface area contributed by atoms with E-state index < -0.39 is 11.8 Å². The normalized spacial score (nSPS) is 16.9. The zero-order valence-electron chi connectivity index (χ0n) is 12.2. The number of hydrogen-bond acceptors (Lipinski definition) is 4. The molecule has 0 amide bonds. The lowest BCUT2D eigenvalue weighted by Crippen LogP contribution is -2.45. The molecule has 0 aliphatic carbocycles. The average Bonchev–Trinajstić information content (AvgIpc) is 2.43. The number of halogens is 1. The van der Waals surface area contributed by atoms with Gasteiger partial charge in [-0.15, -0.1) is 0 Å². The quantitative estimate of drug-likeness (QED) is 0.851. The topological polar surface area (TPSA) is 53.0 Å². The second-order valence-electron chi connectivity index (χ2n) is 5.32. The van der Waals surface area contributed by atoms with Crippen LogP contribution in [0.5, 0.6) is 5.75 Å². The number of aliphatic carboxylic acids is 1. The molecule has 5 nitrogen and oxygen atoms in total. The molecule has 1 fully saturated rings. The Bertz CT molecular complexity index is 488. The predicted octanol–water partition coefficient (Wildman–Crippen LogP) is 1.08. The van der Waals surface area contributed by atoms with Crippen molar-refractivity contribution in [2.45, 2.75) is 6.42 Å². The van der Waals surface area contributed by atoms with Crippen LogP contribution in [0.3, 0.4) is 0 Å². The molecule has 0 atom stereocenters. The summed E-state index contributed by atoms with van der Waals surface area (Å²) in [5.41, 5.74) is 0.175. The molecular weight excluding hydrogens is 275 g/mol. The third-order valence-corrected chi connectivity index (χ3v) is 3.64. The highest BCUT2D eigenvalue weighted by Gasteiger charge is 2.13. The average molecular weight is 296 g/mol. The van der Waals surface area contributed by atoms with Crippen LogP contribution in [0, 0.1) is 5.82 Å². The summed E-state index contributed by atoms with van der Waals surface area (Å²) in [4.78, 5) is 15.2. The summed E-state index contributed by atoms with van der Waals surface area (Å²) in [5.74, 6) is -1.14. The van der Waals surface area contributed by atoms with Gasteiger partial charge in [0.25, 0.3) is 0 Å². The van der Waals surface area contributed by atoms with Gasteiger partial charge < -0.3 is 14.7 Å². The van der Waals surface area contributed by atoms with E-state index in [-0.39, 0.29) is 12.0 Å². The van der Waals surface area contributed by atoms with Crippen molar-refractivity contribution in [1.29, 1.82) is 0 Å². The maximum absolute atomic E-state index is 13.7. The number of benzene rings is 1. The summed E-state index contributed by atoms with van der Waals surface area (Å²) < 4.78 is 19.2. The summed E-state index contributed by atoms with van der Waals surface area (Å²) in [6.07, 6.45) is -0.312. The molecule has 0 aromatic heterocycles. The monoisotopic (exact) mass is 296 g/mol. The first kappa shape index (κ1) is 15.7. The van der Waals surface area contributed by atoms with Gasteiger partial charge in [0.2, 0.25) is 0 Å². The maximum Gasteiger partial charge on any atom is 0.307 e. The molecule has 1 aliphatic rings. The standard InChI is InChI=1S/C15H21FN2O3/c1-17-4-6-18(7-5-17)8-9-21-13-3-2-12(10-15(19)20)14(16)11-13/h2-3,11H,4-10H2,1H3,(H,19,20). The predicted molar refractivity (Wildman–Crippen MR) is 77.2 cm³/mol. The molecule has 1 saturated heterocycles. The minimum atomic E-state index is -1.04. The molecule has 1 N–H and O–H groups in total. The summed E-state index contributed by atoms with van der Waals surface area (Å²) in [6, 6.07) is 4.34. The molecule has 2 rings (SSSR count). The molecule has 1 aliphatic heterocycles. The second-order valence-corrected chi connectivity index (χ2v) is 5.32. The van der Waals surface area contributed by atoms with E-state index in [1.807, 2.05) is 0 Å². The number of likely N-dealkylation sites (N-methyl/N-ethyl adjacent to an activating group) is 1. The number of nitrogens with zero attached hydrogens (tertiary/aromatic N) is 2. The number of hydrogen-bond donors (Lipinski definition) is 1. The Labute approximate surface area is 123 Å². The van der Waals surface area contributed by atoms with E-state index in [0.717, 1.165) is 32.7 Å². The molecule has 0 bridgehead atoms. The number of carboxylic acids is 1. The smallest absolute Gasteiger partial charge is 0.307 e. The minimum Gasteiger partial charge on any atom is -0.492 e. The van der Waals surface area contributed by atoms with Crippen molar-refractivity contribution >= 4 is 5.97 Å². The van der Waals surface area contributed by atoms with Gasteiger partial charge >= 0.3 is 5.97 Å². The highest BCUT2D eigenvalue weighted by Crippen LogP contribution is 2.17. The molecule has 0 saturated carbocycles. The van der Waals surface area contributed by atoms with Crippen molar-refractivity contribution in [2.75, 3.05) is 46.4 Å². The Balaban J connectivity index is 1.78. The third-order valence-electron chi connectivity index (χ3n) is 3.64. The molecule has 0 radical (unpaired) electrons. The van der Waals surface area contributed by atoms with Crippen LogP contribution >= 0.6 is 0 Å². The van der Waals surface area contributed by atoms with Crippen LogP contribution in [0.2, 0.25) is 0 Å². The van der Waals surface area contributed by atoms with Crippen LogP contribution in [0.15, 0.2) is 18.2 Å². The third kappa shape index (κ3) is 4.99. The molecule has 116 valence electrons. The molecule has 6 heteroatoms. The zero-order valence-corrected chi connectivity index (χ0v) is 12.2. The van der Waals surface area contributed by atoms with E-state index in [9.17, 15) is 9.18 Å². The Morgan fingerprint density at radius 2 is 2.05 bits per heavy atom. The lowest BCUT2D eigenvalue weighted by Gasteiger charge is -2.32. The first-order chi connectivity index (χ1) is 10.0. The Hall–Kier alpha value is -1.66. The number of piperazine rings is 1. The first-order valence-electron chi connectivity index (χ1n) is 7.08. The summed E-state index contributed by atoms with van der Waals surface area (Å²) in [5, 5.41) is 8.66. The lowest BCUT2D eigenvalue weighted by molar-refractivity contribution is -0.136. The fourth-order valence-electron chi connectivity index (χ4n) is 2.29. The number of ether oxygens (including phenoxy) is 1. The van der Waals surface area contributed by atoms with Crippen molar-refractivity contribution < 1.29 is 19.0 Å². The largest absolute Gasteiger partial charge is 0.492 e. The molecule has 1 heterocycles. The van der Waals surface area contributed by atoms with Crippen molar-refractivity contribution in [3.63, 3.8) is 0 Å². The summed E-state index contributed by atoms with van der Waals surface area (Å²) in [6.45, 7) is 5.46. The second kappa shape index (κ2) is 7.38. The van der Waals surface area contributed by atoms with Gasteiger partial charge in [0.1, 0.15) is 18.2 Å². The summed E-state index contributed by atoms with van der Waals surface area (Å²) >= 11 is 0. The van der Waals surface area contributed by atoms with E-state index in [4.69, 9.17) is 9.84 Å². The van der Waals surface area contributed by atoms with E-state index in [0.29, 0.717) is 12.4 Å². The van der Waals surface area contributed by atoms with Crippen LogP contribution in [-0.4, -0.2) is 67.3 Å². The van der Waals surface area contributed by atoms with E-state index in [2.05, 4.69) is 16.8 Å². The number of rotatable bonds is 6. The van der Waals surface area contributed by atoms with Crippen LogP contribution < -0.4 is 4.74 Å². The van der Waals surface area contributed by atoms with Crippen molar-refractivity contribution in [1.82, 2.24) is 9.80 Å². The molecular formula is C15H21FN2O3. The highest BCUT2D eigenvalue weighted by molar-refractivity contribution is 5.70. The van der Waals surface area contributed by atoms with Crippen LogP contribution in [0.25, 0.3) is 0 Å². The first-order valence-corrected chi connectivity index (χ1v) is 7.08. The van der Waals surface area contributed by atoms with Gasteiger partial charge in [0, 0.05) is 38.8 Å². The SMILES string of the molecule is CN1CCN(CCOc2ccc(CC(=O)O)c(F)c2)CC1. The van der Waals surface area contributed by atoms with Gasteiger partial charge in [0.05, 0.1) is 6.42 Å². The fourth-order valence-corrected chi connectivity index (χ4v) is 2.29. The Morgan fingerprint density at radius 1 is 1.33 bits per heavy atom. The van der Waals surface area contributed by atoms with Gasteiger partial charge in [-0.05, 0) is 18.7 Å². The minimum absolute atomic E-state index is 0.175. The van der Waals surface area contributed by atoms with E-state index >= 15 is 0 Å². The Kier molecular flexibility index (Phi) is 5.52. The number of carbonyl (C=O) groups is 1. The van der Waals surface area contributed by atoms with Gasteiger partial charge in [-0.1, -0.05) is 6.07 Å². The molecule has 1 aromatic carbocycles. The van der Waals surface area contributed by atoms with Gasteiger partial charge in [-0.2, -0.15) is 0 Å². The fraction of sp³-hybridized carbons (Fsp3) is 0.533. The molecule has 0 unspecified atom stereocenters. The van der Waals surface area contributed by atoms with Gasteiger partial charge in [-0.3, -0.25) is 9.69 Å². The van der Waals surface area contributed by atoms with Gasteiger partial charge in [0.15, 0.2) is 0 Å². The number of carboxylic acid groups (broad SMARTS) is 1. The van der Waals surface area contributed by atoms with Crippen LogP contribution in [0.1, 0.15) is 5.56 Å². The van der Waals surface area contributed by atoms with E-state index in [1.54, 1.807) is 6.07 Å². The molecule has 21 heavy (non-hydrogen) atoms. The highest BCUT2D eigenvalue weighted by atomic mass is 19.1. The summed E-state index contributed by atoms with van der Waals surface area (Å²) in [7, 11) is 2.11.